The van der Waals surface area contributed by atoms with Crippen LogP contribution in [-0.4, -0.2) is 59.5 Å². The van der Waals surface area contributed by atoms with Gasteiger partial charge in [-0.2, -0.15) is 0 Å². The van der Waals surface area contributed by atoms with Crippen LogP contribution in [0.1, 0.15) is 13.8 Å². The summed E-state index contributed by atoms with van der Waals surface area (Å²) in [5, 5.41) is 30.4. The van der Waals surface area contributed by atoms with Gasteiger partial charge in [0, 0.05) is 57.3 Å². The minimum atomic E-state index is -0.397. The molecule has 8 heteroatoms. The number of rotatable bonds is 5. The van der Waals surface area contributed by atoms with Gasteiger partial charge < -0.3 is 20.0 Å². The zero-order valence-corrected chi connectivity index (χ0v) is 14.7. The molecule has 0 bridgehead atoms. The van der Waals surface area contributed by atoms with Gasteiger partial charge in [0.1, 0.15) is 5.82 Å². The highest BCUT2D eigenvalue weighted by molar-refractivity contribution is 5.63. The maximum atomic E-state index is 11.4. The first-order valence-electron chi connectivity index (χ1n) is 8.81. The molecule has 8 nitrogen and oxygen atoms in total. The summed E-state index contributed by atoms with van der Waals surface area (Å²) < 4.78 is 0. The monoisotopic (exact) mass is 350 g/mol. The predicted molar refractivity (Wildman–Crippen MR) is 94.8 cm³/mol. The summed E-state index contributed by atoms with van der Waals surface area (Å²) in [6, 6.07) is 3.21. The molecule has 25 heavy (non-hydrogen) atoms. The number of aliphatic hydroxyl groups is 2. The first kappa shape index (κ1) is 17.9. The Kier molecular flexibility index (Phi) is 5.10. The fourth-order valence-corrected chi connectivity index (χ4v) is 3.89. The highest BCUT2D eigenvalue weighted by Gasteiger charge is 2.35. The van der Waals surface area contributed by atoms with Crippen molar-refractivity contribution in [3.05, 3.63) is 22.2 Å². The molecule has 2 aliphatic heterocycles. The SMILES string of the molecule is C[C@@H]1CN(c2ccc([N+](=O)[O-])c(N3C[C@@H](CO)[C@H](C)C3)n2)C[C@H]1CO. The molecular weight excluding hydrogens is 324 g/mol. The van der Waals surface area contributed by atoms with Crippen LogP contribution in [0.4, 0.5) is 17.3 Å². The van der Waals surface area contributed by atoms with Crippen molar-refractivity contribution in [1.29, 1.82) is 0 Å². The number of nitro groups is 1. The van der Waals surface area contributed by atoms with Gasteiger partial charge in [-0.15, -0.1) is 0 Å². The summed E-state index contributed by atoms with van der Waals surface area (Å²) in [6.07, 6.45) is 0. The second-order valence-electron chi connectivity index (χ2n) is 7.42. The second kappa shape index (κ2) is 7.13. The number of hydrogen-bond donors (Lipinski definition) is 2. The molecule has 0 aromatic carbocycles. The van der Waals surface area contributed by atoms with Crippen LogP contribution in [0.25, 0.3) is 0 Å². The second-order valence-corrected chi connectivity index (χ2v) is 7.42. The van der Waals surface area contributed by atoms with Crippen LogP contribution in [-0.2, 0) is 0 Å². The van der Waals surface area contributed by atoms with Crippen LogP contribution in [0.5, 0.6) is 0 Å². The van der Waals surface area contributed by atoms with E-state index in [4.69, 9.17) is 0 Å². The van der Waals surface area contributed by atoms with Gasteiger partial charge in [-0.05, 0) is 17.9 Å². The predicted octanol–water partition coefficient (Wildman–Crippen LogP) is 1.12. The van der Waals surface area contributed by atoms with Crippen molar-refractivity contribution in [1.82, 2.24) is 4.98 Å². The van der Waals surface area contributed by atoms with Crippen molar-refractivity contribution in [2.45, 2.75) is 13.8 Å². The highest BCUT2D eigenvalue weighted by Crippen LogP contribution is 2.36. The Hall–Kier alpha value is -1.93. The van der Waals surface area contributed by atoms with Crippen LogP contribution >= 0.6 is 0 Å². The van der Waals surface area contributed by atoms with E-state index >= 15 is 0 Å². The molecule has 2 fully saturated rings. The summed E-state index contributed by atoms with van der Waals surface area (Å²) in [6.45, 7) is 7.07. The fourth-order valence-electron chi connectivity index (χ4n) is 3.89. The van der Waals surface area contributed by atoms with Crippen molar-refractivity contribution in [3.63, 3.8) is 0 Å². The average molecular weight is 350 g/mol. The molecule has 2 aliphatic rings. The molecule has 3 heterocycles. The maximum Gasteiger partial charge on any atom is 0.311 e. The molecule has 138 valence electrons. The van der Waals surface area contributed by atoms with E-state index in [0.717, 1.165) is 6.54 Å². The fraction of sp³-hybridized carbons (Fsp3) is 0.706. The zero-order valence-electron chi connectivity index (χ0n) is 14.7. The molecule has 4 atom stereocenters. The Bertz CT molecular complexity index is 641. The summed E-state index contributed by atoms with van der Waals surface area (Å²) in [5.74, 6) is 2.02. The van der Waals surface area contributed by atoms with Gasteiger partial charge in [-0.3, -0.25) is 10.1 Å². The Morgan fingerprint density at radius 1 is 1.08 bits per heavy atom. The van der Waals surface area contributed by atoms with E-state index < -0.39 is 4.92 Å². The molecule has 0 saturated carbocycles. The first-order chi connectivity index (χ1) is 11.9. The quantitative estimate of drug-likeness (QED) is 0.606. The first-order valence-corrected chi connectivity index (χ1v) is 8.81. The normalized spacial score (nSPS) is 29.4. The van der Waals surface area contributed by atoms with Crippen LogP contribution < -0.4 is 9.80 Å². The Morgan fingerprint density at radius 3 is 2.16 bits per heavy atom. The Balaban J connectivity index is 1.90. The lowest BCUT2D eigenvalue weighted by Gasteiger charge is -2.22. The van der Waals surface area contributed by atoms with Crippen molar-refractivity contribution < 1.29 is 15.1 Å². The molecule has 0 amide bonds. The molecular formula is C17H26N4O4. The molecule has 0 aliphatic carbocycles. The van der Waals surface area contributed by atoms with Gasteiger partial charge in [0.2, 0.25) is 5.82 Å². The lowest BCUT2D eigenvalue weighted by molar-refractivity contribution is -0.384. The van der Waals surface area contributed by atoms with Gasteiger partial charge in [-0.1, -0.05) is 13.8 Å². The van der Waals surface area contributed by atoms with E-state index in [1.54, 1.807) is 6.07 Å². The van der Waals surface area contributed by atoms with E-state index in [1.807, 2.05) is 11.8 Å². The van der Waals surface area contributed by atoms with Gasteiger partial charge in [0.05, 0.1) is 4.92 Å². The number of aromatic nitrogens is 1. The molecule has 0 unspecified atom stereocenters. The van der Waals surface area contributed by atoms with E-state index in [-0.39, 0.29) is 36.7 Å². The molecule has 1 aromatic heterocycles. The summed E-state index contributed by atoms with van der Waals surface area (Å²) >= 11 is 0. The van der Waals surface area contributed by atoms with Gasteiger partial charge in [0.15, 0.2) is 0 Å². The number of pyridine rings is 1. The van der Waals surface area contributed by atoms with Crippen molar-refractivity contribution >= 4 is 17.3 Å². The van der Waals surface area contributed by atoms with E-state index in [2.05, 4.69) is 16.8 Å². The molecule has 2 saturated heterocycles. The Morgan fingerprint density at radius 2 is 1.64 bits per heavy atom. The molecule has 1 aromatic rings. The van der Waals surface area contributed by atoms with E-state index in [1.165, 1.54) is 6.07 Å². The van der Waals surface area contributed by atoms with Gasteiger partial charge in [0.25, 0.3) is 0 Å². The maximum absolute atomic E-state index is 11.4. The van der Waals surface area contributed by atoms with Crippen LogP contribution in [0.3, 0.4) is 0 Å². The third kappa shape index (κ3) is 3.41. The minimum absolute atomic E-state index is 0.000457. The molecule has 2 N–H and O–H groups in total. The minimum Gasteiger partial charge on any atom is -0.396 e. The van der Waals surface area contributed by atoms with Crippen LogP contribution in [0.2, 0.25) is 0 Å². The largest absolute Gasteiger partial charge is 0.396 e. The highest BCUT2D eigenvalue weighted by atomic mass is 16.6. The molecule has 3 rings (SSSR count). The van der Waals surface area contributed by atoms with Crippen molar-refractivity contribution in [3.8, 4) is 0 Å². The van der Waals surface area contributed by atoms with Gasteiger partial charge >= 0.3 is 5.69 Å². The van der Waals surface area contributed by atoms with E-state index in [0.29, 0.717) is 37.2 Å². The summed E-state index contributed by atoms with van der Waals surface area (Å²) in [4.78, 5) is 19.6. The number of aliphatic hydroxyl groups excluding tert-OH is 2. The van der Waals surface area contributed by atoms with Crippen LogP contribution in [0.15, 0.2) is 12.1 Å². The van der Waals surface area contributed by atoms with E-state index in [9.17, 15) is 20.3 Å². The van der Waals surface area contributed by atoms with Gasteiger partial charge in [-0.25, -0.2) is 4.98 Å². The topological polar surface area (TPSA) is 103 Å². The third-order valence-corrected chi connectivity index (χ3v) is 5.67. The summed E-state index contributed by atoms with van der Waals surface area (Å²) in [7, 11) is 0. The molecule has 0 radical (unpaired) electrons. The smallest absolute Gasteiger partial charge is 0.311 e. The van der Waals surface area contributed by atoms with Crippen LogP contribution in [0, 0.1) is 33.8 Å². The molecule has 0 spiro atoms. The summed E-state index contributed by atoms with van der Waals surface area (Å²) in [5.41, 5.74) is 0.000457. The standard InChI is InChI=1S/C17H26N4O4/c1-11-5-19(7-13(11)9-22)16-4-3-15(21(24)25)17(18-16)20-6-12(2)14(8-20)10-23/h3-4,11-14,22-23H,5-10H2,1-2H3/t11-,12-,13+,14+/m1/s1. The lowest BCUT2D eigenvalue weighted by atomic mass is 10.00. The average Bonchev–Trinajstić information content (AvgIpc) is 3.16. The number of hydrogen-bond acceptors (Lipinski definition) is 7. The number of nitrogens with zero attached hydrogens (tertiary/aromatic N) is 4. The van der Waals surface area contributed by atoms with Crippen molar-refractivity contribution in [2.24, 2.45) is 23.7 Å². The zero-order chi connectivity index (χ0) is 18.1. The van der Waals surface area contributed by atoms with Crippen molar-refractivity contribution in [2.75, 3.05) is 49.2 Å². The lowest BCUT2D eigenvalue weighted by Crippen LogP contribution is -2.26. The number of anilines is 2. The third-order valence-electron chi connectivity index (χ3n) is 5.67. The Labute approximate surface area is 147 Å².